The van der Waals surface area contributed by atoms with Crippen LogP contribution in [0.5, 0.6) is 0 Å². The van der Waals surface area contributed by atoms with Crippen molar-refractivity contribution in [2.45, 2.75) is 13.8 Å². The third-order valence-electron chi connectivity index (χ3n) is 2.69. The molecule has 0 radical (unpaired) electrons. The van der Waals surface area contributed by atoms with Crippen LogP contribution >= 0.6 is 15.9 Å². The predicted molar refractivity (Wildman–Crippen MR) is 65.4 cm³/mol. The molecule has 0 fully saturated rings. The van der Waals surface area contributed by atoms with E-state index in [0.717, 1.165) is 11.1 Å². The highest BCUT2D eigenvalue weighted by atomic mass is 79.9. The van der Waals surface area contributed by atoms with Gasteiger partial charge in [-0.2, -0.15) is 0 Å². The molecule has 2 amide bonds. The molecule has 3 nitrogen and oxygen atoms in total. The molecule has 16 heavy (non-hydrogen) atoms. The molecule has 0 spiro atoms. The Balaban J connectivity index is 2.51. The van der Waals surface area contributed by atoms with Gasteiger partial charge in [-0.05, 0) is 47.0 Å². The van der Waals surface area contributed by atoms with Crippen LogP contribution in [0.4, 0.5) is 5.69 Å². The van der Waals surface area contributed by atoms with E-state index >= 15 is 0 Å². The lowest BCUT2D eigenvalue weighted by atomic mass is 10.1. The van der Waals surface area contributed by atoms with Crippen LogP contribution in [0.2, 0.25) is 0 Å². The average molecular weight is 280 g/mol. The maximum absolute atomic E-state index is 11.8. The lowest BCUT2D eigenvalue weighted by Crippen LogP contribution is -2.31. The monoisotopic (exact) mass is 279 g/mol. The molecule has 0 saturated heterocycles. The number of hydrogen-bond acceptors (Lipinski definition) is 2. The van der Waals surface area contributed by atoms with Crippen molar-refractivity contribution in [2.75, 3.05) is 4.90 Å². The van der Waals surface area contributed by atoms with Crippen molar-refractivity contribution in [3.8, 4) is 0 Å². The van der Waals surface area contributed by atoms with Crippen LogP contribution in [0.1, 0.15) is 11.1 Å². The van der Waals surface area contributed by atoms with Gasteiger partial charge in [0.05, 0.1) is 10.2 Å². The van der Waals surface area contributed by atoms with Gasteiger partial charge in [-0.15, -0.1) is 0 Å². The van der Waals surface area contributed by atoms with Crippen LogP contribution in [0.25, 0.3) is 0 Å². The molecule has 1 heterocycles. The molecule has 1 aromatic carbocycles. The van der Waals surface area contributed by atoms with E-state index in [1.807, 2.05) is 26.0 Å². The summed E-state index contributed by atoms with van der Waals surface area (Å²) < 4.78 is 0.304. The molecule has 0 N–H and O–H groups in total. The summed E-state index contributed by atoms with van der Waals surface area (Å²) in [6.07, 6.45) is 1.30. The lowest BCUT2D eigenvalue weighted by molar-refractivity contribution is -0.120. The SMILES string of the molecule is Cc1cccc(N2C(=O)C=C(Br)C2=O)c1C. The Morgan fingerprint density at radius 3 is 2.44 bits per heavy atom. The zero-order valence-corrected chi connectivity index (χ0v) is 10.5. The Morgan fingerprint density at radius 2 is 1.88 bits per heavy atom. The summed E-state index contributed by atoms with van der Waals surface area (Å²) >= 11 is 3.07. The van der Waals surface area contributed by atoms with Gasteiger partial charge in [0.15, 0.2) is 0 Å². The van der Waals surface area contributed by atoms with Gasteiger partial charge in [-0.3, -0.25) is 9.59 Å². The van der Waals surface area contributed by atoms with Crippen molar-refractivity contribution < 1.29 is 9.59 Å². The van der Waals surface area contributed by atoms with Crippen LogP contribution in [0.3, 0.4) is 0 Å². The molecule has 1 aliphatic heterocycles. The molecule has 2 rings (SSSR count). The molecule has 0 aromatic heterocycles. The van der Waals surface area contributed by atoms with Crippen LogP contribution in [0, 0.1) is 13.8 Å². The van der Waals surface area contributed by atoms with E-state index in [-0.39, 0.29) is 11.8 Å². The average Bonchev–Trinajstić information content (AvgIpc) is 2.47. The smallest absolute Gasteiger partial charge is 0.269 e. The Labute approximate surface area is 102 Å². The van der Waals surface area contributed by atoms with Gasteiger partial charge in [-0.25, -0.2) is 4.90 Å². The third kappa shape index (κ3) is 1.59. The summed E-state index contributed by atoms with van der Waals surface area (Å²) in [5, 5.41) is 0. The molecular formula is C12H10BrNO2. The fourth-order valence-corrected chi connectivity index (χ4v) is 2.02. The Hall–Kier alpha value is -1.42. The molecule has 4 heteroatoms. The summed E-state index contributed by atoms with van der Waals surface area (Å²) in [4.78, 5) is 24.6. The summed E-state index contributed by atoms with van der Waals surface area (Å²) in [5.41, 5.74) is 2.65. The second-order valence-corrected chi connectivity index (χ2v) is 4.54. The van der Waals surface area contributed by atoms with Crippen molar-refractivity contribution in [1.82, 2.24) is 0 Å². The Bertz CT molecular complexity index is 520. The third-order valence-corrected chi connectivity index (χ3v) is 3.26. The van der Waals surface area contributed by atoms with Crippen LogP contribution < -0.4 is 4.90 Å². The quantitative estimate of drug-likeness (QED) is 0.741. The minimum absolute atomic E-state index is 0.300. The van der Waals surface area contributed by atoms with E-state index in [1.54, 1.807) is 6.07 Å². The number of rotatable bonds is 1. The van der Waals surface area contributed by atoms with E-state index in [9.17, 15) is 9.59 Å². The summed E-state index contributed by atoms with van der Waals surface area (Å²) in [5.74, 6) is -0.607. The molecule has 1 aromatic rings. The maximum atomic E-state index is 11.8. The second-order valence-electron chi connectivity index (χ2n) is 3.69. The van der Waals surface area contributed by atoms with Crippen molar-refractivity contribution in [2.24, 2.45) is 0 Å². The molecule has 1 aliphatic rings. The number of carbonyl (C=O) groups excluding carboxylic acids is 2. The number of hydrogen-bond donors (Lipinski definition) is 0. The molecular weight excluding hydrogens is 270 g/mol. The fourth-order valence-electron chi connectivity index (χ4n) is 1.65. The number of benzene rings is 1. The van der Waals surface area contributed by atoms with Gasteiger partial charge in [0.1, 0.15) is 0 Å². The Morgan fingerprint density at radius 1 is 1.19 bits per heavy atom. The largest absolute Gasteiger partial charge is 0.272 e. The second kappa shape index (κ2) is 3.87. The van der Waals surface area contributed by atoms with Crippen molar-refractivity contribution in [3.05, 3.63) is 39.9 Å². The normalized spacial score (nSPS) is 15.7. The topological polar surface area (TPSA) is 37.4 Å². The molecule has 0 saturated carbocycles. The Kier molecular flexibility index (Phi) is 2.68. The number of halogens is 1. The number of aryl methyl sites for hydroxylation is 1. The number of anilines is 1. The van der Waals surface area contributed by atoms with Gasteiger partial charge in [0.25, 0.3) is 11.8 Å². The highest BCUT2D eigenvalue weighted by molar-refractivity contribution is 9.12. The number of carbonyl (C=O) groups is 2. The van der Waals surface area contributed by atoms with Gasteiger partial charge in [-0.1, -0.05) is 12.1 Å². The first kappa shape index (κ1) is 11.1. The van der Waals surface area contributed by atoms with E-state index < -0.39 is 0 Å². The minimum Gasteiger partial charge on any atom is -0.269 e. The summed E-state index contributed by atoms with van der Waals surface area (Å²) in [6, 6.07) is 5.56. The standard InChI is InChI=1S/C12H10BrNO2/c1-7-4-3-5-10(8(7)2)14-11(15)6-9(13)12(14)16/h3-6H,1-2H3. The first-order valence-electron chi connectivity index (χ1n) is 4.84. The lowest BCUT2D eigenvalue weighted by Gasteiger charge is -2.17. The van der Waals surface area contributed by atoms with Crippen LogP contribution in [-0.4, -0.2) is 11.8 Å². The summed E-state index contributed by atoms with van der Waals surface area (Å²) in [6.45, 7) is 3.85. The van der Waals surface area contributed by atoms with E-state index in [2.05, 4.69) is 15.9 Å². The van der Waals surface area contributed by atoms with E-state index in [4.69, 9.17) is 0 Å². The number of nitrogens with zero attached hydrogens (tertiary/aromatic N) is 1. The maximum Gasteiger partial charge on any atom is 0.272 e. The predicted octanol–water partition coefficient (Wildman–Crippen LogP) is 2.46. The molecule has 82 valence electrons. The molecule has 0 bridgehead atoms. The molecule has 0 atom stereocenters. The van der Waals surface area contributed by atoms with Crippen LogP contribution in [-0.2, 0) is 9.59 Å². The van der Waals surface area contributed by atoms with Gasteiger partial charge in [0, 0.05) is 6.08 Å². The molecule has 0 aliphatic carbocycles. The minimum atomic E-state index is -0.307. The van der Waals surface area contributed by atoms with Crippen molar-refractivity contribution in [1.29, 1.82) is 0 Å². The van der Waals surface area contributed by atoms with E-state index in [0.29, 0.717) is 10.2 Å². The first-order valence-corrected chi connectivity index (χ1v) is 5.63. The zero-order chi connectivity index (χ0) is 11.9. The zero-order valence-electron chi connectivity index (χ0n) is 8.95. The van der Waals surface area contributed by atoms with Gasteiger partial charge >= 0.3 is 0 Å². The number of imide groups is 1. The number of amides is 2. The van der Waals surface area contributed by atoms with Gasteiger partial charge < -0.3 is 0 Å². The highest BCUT2D eigenvalue weighted by Gasteiger charge is 2.31. The highest BCUT2D eigenvalue weighted by Crippen LogP contribution is 2.29. The first-order chi connectivity index (χ1) is 7.52. The van der Waals surface area contributed by atoms with Crippen LogP contribution in [0.15, 0.2) is 28.8 Å². The van der Waals surface area contributed by atoms with Crippen molar-refractivity contribution >= 4 is 33.4 Å². The summed E-state index contributed by atoms with van der Waals surface area (Å²) in [7, 11) is 0. The molecule has 0 unspecified atom stereocenters. The van der Waals surface area contributed by atoms with Gasteiger partial charge in [0.2, 0.25) is 0 Å². The fraction of sp³-hybridized carbons (Fsp3) is 0.167. The van der Waals surface area contributed by atoms with E-state index in [1.165, 1.54) is 11.0 Å². The van der Waals surface area contributed by atoms with Crippen molar-refractivity contribution in [3.63, 3.8) is 0 Å².